The Morgan fingerprint density at radius 2 is 0.639 bits per heavy atom. The number of carbonyl (C=O) groups excluding carboxylic acids is 10. The Labute approximate surface area is 730 Å². The van der Waals surface area contributed by atoms with Crippen molar-refractivity contribution in [2.45, 2.75) is 251 Å². The monoisotopic (exact) mass is 1720 g/mol. The number of alkyl carbamates (subject to hydrolysis) is 1. The topological polar surface area (TPSA) is 439 Å². The van der Waals surface area contributed by atoms with Gasteiger partial charge in [-0.3, -0.25) is 29.4 Å². The molecule has 0 heterocycles. The quantitative estimate of drug-likeness (QED) is 0.00457. The molecule has 0 radical (unpaired) electrons. The van der Waals surface area contributed by atoms with Crippen molar-refractivity contribution in [1.29, 1.82) is 5.26 Å². The van der Waals surface area contributed by atoms with Crippen LogP contribution in [0.1, 0.15) is 206 Å². The molecule has 29 heteroatoms. The van der Waals surface area contributed by atoms with E-state index in [1.54, 1.807) is 90.0 Å². The predicted octanol–water partition coefficient (Wildman–Crippen LogP) is 15.1. The highest BCUT2D eigenvalue weighted by Gasteiger charge is 2.30. The van der Waals surface area contributed by atoms with Gasteiger partial charge in [0.15, 0.2) is 17.3 Å². The van der Waals surface area contributed by atoms with Gasteiger partial charge in [0.05, 0.1) is 32.1 Å². The van der Waals surface area contributed by atoms with Gasteiger partial charge in [0.1, 0.15) is 40.3 Å². The molecule has 0 aliphatic carbocycles. The van der Waals surface area contributed by atoms with Crippen LogP contribution in [0.25, 0.3) is 0 Å². The molecular weight excluding hydrogens is 1580 g/mol. The van der Waals surface area contributed by atoms with Crippen LogP contribution >= 0.6 is 12.4 Å². The van der Waals surface area contributed by atoms with Crippen molar-refractivity contribution >= 4 is 83.7 Å². The average Bonchev–Trinajstić information content (AvgIpc) is 0.895. The third-order valence-corrected chi connectivity index (χ3v) is 16.5. The van der Waals surface area contributed by atoms with Crippen LogP contribution in [0.3, 0.4) is 0 Å². The zero-order valence-corrected chi connectivity index (χ0v) is 76.9. The number of carboxylic acid groups (broad SMARTS) is 2. The average molecular weight is 1730 g/mol. The smallest absolute Gasteiger partial charge is 0.421 e. The minimum atomic E-state index is -1.08. The lowest BCUT2D eigenvalue weighted by Crippen LogP contribution is -2.49. The van der Waals surface area contributed by atoms with Crippen LogP contribution in [0.5, 0.6) is 0 Å². The number of urea groups is 2. The molecule has 0 bridgehead atoms. The fraction of sp³-hybridized carbons (Fsp3) is 0.538. The number of Topliss-reactive ketones (excluding diaryl/α,β-unsaturated/α-hetero) is 4. The van der Waals surface area contributed by atoms with Gasteiger partial charge in [-0.2, -0.15) is 5.26 Å². The number of amides is 6. The van der Waals surface area contributed by atoms with E-state index in [0.29, 0.717) is 44.9 Å². The maximum absolute atomic E-state index is 12.3. The molecule has 0 unspecified atom stereocenters. The molecule has 12 N–H and O–H groups in total. The molecule has 5 aromatic rings. The van der Waals surface area contributed by atoms with Crippen molar-refractivity contribution in [3.05, 3.63) is 179 Å². The van der Waals surface area contributed by atoms with E-state index in [2.05, 4.69) is 26.6 Å². The molecule has 122 heavy (non-hydrogen) atoms. The SMILES string of the molecule is CC(C)(C)OC(=O)NN.CC(C)C[C@H](NC(=O)NCC(=O)[C@@H](C)Cc1ccccc1)C(=O)O.CC(C)C[C@H](NC(=O)NCC(=O)[C@@H](C)Cc1ccccc1)C(=O)OC(C)(C)C.CC(C)C[C@H](OC#N)C(=O)OC(C)(C)C.C[C@@H](Cc1ccccc1)C(=O)CN.C[C@@H](Cc1ccccc1)C(=O)CNC(=O)OC(C)(C)C.C[C@@H](Cc1ccccc1)C(=O)O.Cl. The van der Waals surface area contributed by atoms with E-state index in [-0.39, 0.29) is 109 Å². The van der Waals surface area contributed by atoms with Gasteiger partial charge < -0.3 is 66.2 Å². The molecule has 0 fully saturated rings. The van der Waals surface area contributed by atoms with Gasteiger partial charge in [0.25, 0.3) is 6.26 Å². The highest BCUT2D eigenvalue weighted by molar-refractivity contribution is 5.90. The molecule has 0 aliphatic heterocycles. The molecule has 6 amide bonds. The number of nitrogens with one attached hydrogen (secondary N) is 6. The Kier molecular flexibility index (Phi) is 58.2. The van der Waals surface area contributed by atoms with Gasteiger partial charge in [-0.1, -0.05) is 228 Å². The van der Waals surface area contributed by atoms with E-state index in [0.717, 1.165) is 28.7 Å². The lowest BCUT2D eigenvalue weighted by Gasteiger charge is -2.25. The van der Waals surface area contributed by atoms with Crippen LogP contribution in [-0.2, 0) is 94.1 Å². The number of carbonyl (C=O) groups is 12. The number of hydrazine groups is 1. The first-order valence-corrected chi connectivity index (χ1v) is 40.9. The first-order chi connectivity index (χ1) is 56.2. The lowest BCUT2D eigenvalue weighted by molar-refractivity contribution is -0.165. The van der Waals surface area contributed by atoms with Gasteiger partial charge in [-0.05, 0) is 180 Å². The second-order valence-electron chi connectivity index (χ2n) is 34.6. The van der Waals surface area contributed by atoms with Crippen molar-refractivity contribution in [2.75, 3.05) is 26.2 Å². The number of esters is 2. The Hall–Kier alpha value is -10.8. The number of nitriles is 1. The number of aliphatic carboxylic acids is 2. The van der Waals surface area contributed by atoms with Crippen LogP contribution in [0, 0.1) is 58.9 Å². The molecule has 0 aliphatic rings. The third-order valence-electron chi connectivity index (χ3n) is 16.5. The molecule has 680 valence electrons. The summed E-state index contributed by atoms with van der Waals surface area (Å²) in [5, 5.41) is 38.7. The zero-order valence-electron chi connectivity index (χ0n) is 76.1. The van der Waals surface area contributed by atoms with E-state index < -0.39 is 88.7 Å². The Morgan fingerprint density at radius 1 is 0.369 bits per heavy atom. The molecule has 5 rings (SSSR count). The Morgan fingerprint density at radius 3 is 0.902 bits per heavy atom. The summed E-state index contributed by atoms with van der Waals surface area (Å²) in [7, 11) is 0. The van der Waals surface area contributed by atoms with E-state index >= 15 is 0 Å². The van der Waals surface area contributed by atoms with Crippen LogP contribution in [-0.4, -0.2) is 148 Å². The van der Waals surface area contributed by atoms with Gasteiger partial charge >= 0.3 is 48.1 Å². The molecule has 28 nitrogen and oxygen atoms in total. The summed E-state index contributed by atoms with van der Waals surface area (Å²) in [6.07, 6.45) is 4.17. The first kappa shape index (κ1) is 115. The summed E-state index contributed by atoms with van der Waals surface area (Å²) >= 11 is 0. The highest BCUT2D eigenvalue weighted by Crippen LogP contribution is 2.19. The molecule has 8 atom stereocenters. The summed E-state index contributed by atoms with van der Waals surface area (Å²) in [6.45, 7) is 42.1. The number of ketones is 4. The van der Waals surface area contributed by atoms with Crippen LogP contribution in [0.2, 0.25) is 0 Å². The van der Waals surface area contributed by atoms with Crippen molar-refractivity contribution in [2.24, 2.45) is 58.9 Å². The number of hydrogen-bond acceptors (Lipinski definition) is 20. The third kappa shape index (κ3) is 62.4. The van der Waals surface area contributed by atoms with Crippen molar-refractivity contribution in [3.63, 3.8) is 0 Å². The molecular formula is C93H142ClN9O19. The fourth-order valence-electron chi connectivity index (χ4n) is 10.4. The lowest BCUT2D eigenvalue weighted by atomic mass is 9.97. The summed E-state index contributed by atoms with van der Waals surface area (Å²) in [4.78, 5) is 139. The van der Waals surface area contributed by atoms with Crippen LogP contribution in [0.15, 0.2) is 152 Å². The number of nitrogens with two attached hydrogens (primary N) is 2. The number of halogens is 1. The number of carboxylic acids is 2. The molecule has 0 saturated heterocycles. The largest absolute Gasteiger partial charge is 0.481 e. The van der Waals surface area contributed by atoms with E-state index in [4.69, 9.17) is 50.7 Å². The fourth-order valence-corrected chi connectivity index (χ4v) is 10.4. The minimum Gasteiger partial charge on any atom is -0.481 e. The normalized spacial score (nSPS) is 12.7. The summed E-state index contributed by atoms with van der Waals surface area (Å²) in [5.41, 5.74) is 10.5. The van der Waals surface area contributed by atoms with Gasteiger partial charge in [-0.15, -0.1) is 12.4 Å². The van der Waals surface area contributed by atoms with Crippen molar-refractivity contribution in [1.82, 2.24) is 32.0 Å². The second-order valence-corrected chi connectivity index (χ2v) is 34.6. The Bertz CT molecular complexity index is 3900. The number of rotatable bonds is 34. The van der Waals surface area contributed by atoms with Crippen molar-refractivity contribution in [3.8, 4) is 6.26 Å². The molecule has 0 aromatic heterocycles. The highest BCUT2D eigenvalue weighted by atomic mass is 35.5. The predicted molar refractivity (Wildman–Crippen MR) is 477 cm³/mol. The number of nitrogens with zero attached hydrogens (tertiary/aromatic N) is 1. The molecule has 5 aromatic carbocycles. The summed E-state index contributed by atoms with van der Waals surface area (Å²) in [5.74, 6) is 1.75. The van der Waals surface area contributed by atoms with E-state index in [1.165, 1.54) is 11.8 Å². The minimum absolute atomic E-state index is 0. The van der Waals surface area contributed by atoms with Crippen molar-refractivity contribution < 1.29 is 91.4 Å². The summed E-state index contributed by atoms with van der Waals surface area (Å²) in [6, 6.07) is 46.0. The number of hydrogen-bond donors (Lipinski definition) is 10. The maximum atomic E-state index is 12.3. The van der Waals surface area contributed by atoms with Gasteiger partial charge in [0, 0.05) is 23.7 Å². The molecule has 0 saturated carbocycles. The molecule has 0 spiro atoms. The Balaban J connectivity index is -0.00000139. The number of benzene rings is 5. The first-order valence-electron chi connectivity index (χ1n) is 40.9. The van der Waals surface area contributed by atoms with Gasteiger partial charge in [0.2, 0.25) is 6.10 Å². The standard InChI is InChI=1S/C22H34N2O4.C18H26N2O4.C16H23NO3.C11H19NO3.C11H15NO.C10H12O2.C5H12N2O2.ClH/c1-15(2)12-18(20(26)28-22(4,5)6)24-21(27)23-14-19(25)16(3)13-17-10-8-7-9-11-17;1-12(2)9-15(17(22)23)20-18(24)19-11-16(21)13(3)10-14-7-5-4-6-8-14;1-12(10-13-8-6-5-7-9-13)14(18)11-17-15(19)20-16(2,3)4;1-8(2)6-9(14-7-12)10(13)15-11(3,4)5;1-9(11(13)8-12)7-10-5-3-2-4-6-10;1-8(10(11)12)7-9-5-3-2-4-6-9;1-5(2,3)9-4(8)7-6;/h7-11,15-16,18H,12-14H2,1-6H3,(H2,23,24,27);4-8,12-13,15H,9-11H2,1-3H3,(H,22,23)(H2,19,20,24);5-9,12H,10-11H2,1-4H3,(H,17,19);8-9H,6H2,1-5H3;2-6,9H,7-8,12H2,1H3;2-6,8H,7H2,1H3,(H,11,12);6H2,1-3H3,(H,7,8);1H/t16-,18-;13-,15-;12-;2*9-;8-;;/m000000../s1. The second kappa shape index (κ2) is 61.5. The summed E-state index contributed by atoms with van der Waals surface area (Å²) < 4.78 is 25.0. The number of ether oxygens (including phenoxy) is 5. The van der Waals surface area contributed by atoms with Crippen LogP contribution in [0.4, 0.5) is 19.2 Å². The van der Waals surface area contributed by atoms with Crippen LogP contribution < -0.4 is 43.6 Å². The van der Waals surface area contributed by atoms with E-state index in [9.17, 15) is 57.5 Å². The zero-order chi connectivity index (χ0) is 92.8. The van der Waals surface area contributed by atoms with E-state index in [1.807, 2.05) is 226 Å². The maximum Gasteiger partial charge on any atom is 0.421 e. The van der Waals surface area contributed by atoms with Gasteiger partial charge in [-0.25, -0.2) is 39.4 Å².